The van der Waals surface area contributed by atoms with Gasteiger partial charge in [-0.3, -0.25) is 4.99 Å². The van der Waals surface area contributed by atoms with Gasteiger partial charge in [0.25, 0.3) is 0 Å². The fourth-order valence-corrected chi connectivity index (χ4v) is 3.48. The minimum atomic E-state index is 0.0870. The quantitative estimate of drug-likeness (QED) is 0.820. The summed E-state index contributed by atoms with van der Waals surface area (Å²) in [5.41, 5.74) is 4.31. The number of rotatable bonds is 1. The molecule has 1 heterocycles. The summed E-state index contributed by atoms with van der Waals surface area (Å²) in [6.45, 7) is 4.36. The van der Waals surface area contributed by atoms with E-state index < -0.39 is 0 Å². The molecule has 1 aromatic rings. The van der Waals surface area contributed by atoms with Crippen LogP contribution in [-0.4, -0.2) is 16.5 Å². The molecule has 3 heteroatoms. The van der Waals surface area contributed by atoms with Crippen molar-refractivity contribution in [3.05, 3.63) is 29.3 Å². The third-order valence-electron chi connectivity index (χ3n) is 3.32. The SMILES string of the molecule is CC1(C)CSC(Nc2ccc3c(c2)CCC3)=N1. The second-order valence-corrected chi connectivity index (χ2v) is 6.44. The summed E-state index contributed by atoms with van der Waals surface area (Å²) < 4.78 is 0. The minimum absolute atomic E-state index is 0.0870. The van der Waals surface area contributed by atoms with Gasteiger partial charge in [0.1, 0.15) is 0 Å². The highest BCUT2D eigenvalue weighted by molar-refractivity contribution is 8.14. The molecule has 3 rings (SSSR count). The lowest BCUT2D eigenvalue weighted by Gasteiger charge is -2.09. The zero-order valence-corrected chi connectivity index (χ0v) is 11.2. The Morgan fingerprint density at radius 1 is 1.24 bits per heavy atom. The maximum atomic E-state index is 4.68. The molecule has 1 aromatic carbocycles. The molecule has 0 saturated heterocycles. The Hall–Kier alpha value is -0.960. The van der Waals surface area contributed by atoms with Gasteiger partial charge in [0.2, 0.25) is 0 Å². The van der Waals surface area contributed by atoms with E-state index in [0.717, 1.165) is 10.9 Å². The van der Waals surface area contributed by atoms with E-state index >= 15 is 0 Å². The predicted molar refractivity (Wildman–Crippen MR) is 76.1 cm³/mol. The average molecular weight is 246 g/mol. The number of benzene rings is 1. The van der Waals surface area contributed by atoms with E-state index in [1.807, 2.05) is 11.8 Å². The van der Waals surface area contributed by atoms with E-state index in [0.29, 0.717) is 0 Å². The molecule has 0 amide bonds. The standard InChI is InChI=1S/C14H18N2S/c1-14(2)9-17-13(16-14)15-12-7-6-10-4-3-5-11(10)8-12/h6-8H,3-5,9H2,1-2H3,(H,15,16). The molecule has 0 saturated carbocycles. The molecule has 0 spiro atoms. The van der Waals surface area contributed by atoms with Gasteiger partial charge in [0.05, 0.1) is 5.54 Å². The molecule has 0 atom stereocenters. The van der Waals surface area contributed by atoms with Gasteiger partial charge in [-0.1, -0.05) is 17.8 Å². The first-order valence-corrected chi connectivity index (χ1v) is 7.22. The van der Waals surface area contributed by atoms with Crippen LogP contribution in [0.4, 0.5) is 5.69 Å². The Morgan fingerprint density at radius 2 is 2.06 bits per heavy atom. The van der Waals surface area contributed by atoms with Gasteiger partial charge in [-0.25, -0.2) is 0 Å². The highest BCUT2D eigenvalue weighted by Crippen LogP contribution is 2.29. The zero-order valence-electron chi connectivity index (χ0n) is 10.4. The lowest BCUT2D eigenvalue weighted by atomic mass is 10.1. The van der Waals surface area contributed by atoms with Crippen molar-refractivity contribution in [3.8, 4) is 0 Å². The van der Waals surface area contributed by atoms with Crippen LogP contribution in [0.2, 0.25) is 0 Å². The van der Waals surface area contributed by atoms with Crippen molar-refractivity contribution in [1.29, 1.82) is 0 Å². The molecule has 1 N–H and O–H groups in total. The summed E-state index contributed by atoms with van der Waals surface area (Å²) in [5.74, 6) is 1.07. The monoisotopic (exact) mass is 246 g/mol. The second kappa shape index (κ2) is 4.05. The maximum Gasteiger partial charge on any atom is 0.161 e. The van der Waals surface area contributed by atoms with Crippen LogP contribution in [0, 0.1) is 0 Å². The van der Waals surface area contributed by atoms with Crippen molar-refractivity contribution >= 4 is 22.6 Å². The average Bonchev–Trinajstić information content (AvgIpc) is 2.84. The molecular formula is C14H18N2S. The van der Waals surface area contributed by atoms with E-state index in [9.17, 15) is 0 Å². The van der Waals surface area contributed by atoms with Crippen LogP contribution < -0.4 is 5.32 Å². The molecule has 90 valence electrons. The fraction of sp³-hybridized carbons (Fsp3) is 0.500. The Kier molecular flexibility index (Phi) is 2.66. The van der Waals surface area contributed by atoms with Crippen LogP contribution in [0.5, 0.6) is 0 Å². The van der Waals surface area contributed by atoms with Crippen LogP contribution in [-0.2, 0) is 12.8 Å². The van der Waals surface area contributed by atoms with Gasteiger partial charge in [0, 0.05) is 11.4 Å². The maximum absolute atomic E-state index is 4.68. The first kappa shape index (κ1) is 11.1. The number of amidine groups is 1. The number of hydrogen-bond donors (Lipinski definition) is 1. The number of hydrogen-bond acceptors (Lipinski definition) is 3. The molecule has 1 aliphatic carbocycles. The van der Waals surface area contributed by atoms with Gasteiger partial charge in [-0.2, -0.15) is 0 Å². The number of fused-ring (bicyclic) bond motifs is 1. The molecular weight excluding hydrogens is 228 g/mol. The number of nitrogens with zero attached hydrogens (tertiary/aromatic N) is 1. The van der Waals surface area contributed by atoms with Gasteiger partial charge in [0.15, 0.2) is 5.17 Å². The summed E-state index contributed by atoms with van der Waals surface area (Å²) in [6.07, 6.45) is 3.79. The van der Waals surface area contributed by atoms with Crippen molar-refractivity contribution in [3.63, 3.8) is 0 Å². The summed E-state index contributed by atoms with van der Waals surface area (Å²) in [6, 6.07) is 6.73. The smallest absolute Gasteiger partial charge is 0.161 e. The van der Waals surface area contributed by atoms with Gasteiger partial charge in [-0.15, -0.1) is 0 Å². The van der Waals surface area contributed by atoms with Gasteiger partial charge in [-0.05, 0) is 56.4 Å². The van der Waals surface area contributed by atoms with Crippen LogP contribution in [0.25, 0.3) is 0 Å². The number of aliphatic imine (C=N–C) groups is 1. The Bertz CT molecular complexity index is 477. The van der Waals surface area contributed by atoms with Crippen LogP contribution in [0.15, 0.2) is 23.2 Å². The molecule has 0 unspecified atom stereocenters. The largest absolute Gasteiger partial charge is 0.335 e. The summed E-state index contributed by atoms with van der Waals surface area (Å²) in [4.78, 5) is 4.68. The third-order valence-corrected chi connectivity index (χ3v) is 4.63. The topological polar surface area (TPSA) is 24.4 Å². The van der Waals surface area contributed by atoms with Gasteiger partial charge >= 0.3 is 0 Å². The van der Waals surface area contributed by atoms with E-state index in [4.69, 9.17) is 0 Å². The Morgan fingerprint density at radius 3 is 2.82 bits per heavy atom. The first-order chi connectivity index (χ1) is 8.12. The van der Waals surface area contributed by atoms with E-state index in [2.05, 4.69) is 42.4 Å². The van der Waals surface area contributed by atoms with Crippen LogP contribution in [0.1, 0.15) is 31.4 Å². The van der Waals surface area contributed by atoms with Crippen molar-refractivity contribution < 1.29 is 0 Å². The fourth-order valence-electron chi connectivity index (χ4n) is 2.42. The second-order valence-electron chi connectivity index (χ2n) is 5.48. The number of nitrogens with one attached hydrogen (secondary N) is 1. The number of thioether (sulfide) groups is 1. The lowest BCUT2D eigenvalue weighted by Crippen LogP contribution is -2.15. The summed E-state index contributed by atoms with van der Waals surface area (Å²) >= 11 is 1.82. The minimum Gasteiger partial charge on any atom is -0.335 e. The molecule has 1 aliphatic heterocycles. The first-order valence-electron chi connectivity index (χ1n) is 6.24. The Labute approximate surface area is 107 Å². The molecule has 0 fully saturated rings. The highest BCUT2D eigenvalue weighted by atomic mass is 32.2. The zero-order chi connectivity index (χ0) is 11.9. The number of aryl methyl sites for hydroxylation is 2. The normalized spacial score (nSPS) is 21.2. The van der Waals surface area contributed by atoms with Crippen molar-refractivity contribution in [2.24, 2.45) is 4.99 Å². The molecule has 2 nitrogen and oxygen atoms in total. The van der Waals surface area contributed by atoms with E-state index in [1.165, 1.54) is 36.1 Å². The van der Waals surface area contributed by atoms with E-state index in [-0.39, 0.29) is 5.54 Å². The highest BCUT2D eigenvalue weighted by Gasteiger charge is 2.25. The summed E-state index contributed by atoms with van der Waals surface area (Å²) in [7, 11) is 0. The van der Waals surface area contributed by atoms with Crippen molar-refractivity contribution in [1.82, 2.24) is 0 Å². The van der Waals surface area contributed by atoms with Crippen molar-refractivity contribution in [2.45, 2.75) is 38.6 Å². The predicted octanol–water partition coefficient (Wildman–Crippen LogP) is 3.47. The Balaban J connectivity index is 1.78. The number of anilines is 1. The van der Waals surface area contributed by atoms with E-state index in [1.54, 1.807) is 0 Å². The molecule has 2 aliphatic rings. The van der Waals surface area contributed by atoms with Crippen LogP contribution >= 0.6 is 11.8 Å². The summed E-state index contributed by atoms with van der Waals surface area (Å²) in [5, 5.41) is 4.50. The molecule has 0 radical (unpaired) electrons. The van der Waals surface area contributed by atoms with Crippen molar-refractivity contribution in [2.75, 3.05) is 11.1 Å². The molecule has 17 heavy (non-hydrogen) atoms. The van der Waals surface area contributed by atoms with Gasteiger partial charge < -0.3 is 5.32 Å². The molecule has 0 bridgehead atoms. The lowest BCUT2D eigenvalue weighted by molar-refractivity contribution is 0.605. The third kappa shape index (κ3) is 2.34. The van der Waals surface area contributed by atoms with Crippen LogP contribution in [0.3, 0.4) is 0 Å². The molecule has 0 aromatic heterocycles.